The molecule has 0 aromatic heterocycles. The first kappa shape index (κ1) is 22.1. The summed E-state index contributed by atoms with van der Waals surface area (Å²) in [5, 5.41) is 12.5. The van der Waals surface area contributed by atoms with Crippen LogP contribution in [0.3, 0.4) is 0 Å². The van der Waals surface area contributed by atoms with E-state index in [9.17, 15) is 19.5 Å². The molecule has 0 spiro atoms. The molecule has 1 saturated carbocycles. The minimum Gasteiger partial charge on any atom is -0.481 e. The molecule has 2 amide bonds. The van der Waals surface area contributed by atoms with Gasteiger partial charge in [-0.05, 0) is 60.3 Å². The number of nitrogens with one attached hydrogen (secondary N) is 1. The molecule has 2 aliphatic carbocycles. The second-order valence-corrected chi connectivity index (χ2v) is 10.4. The molecule has 2 bridgehead atoms. The Hall–Kier alpha value is -3.35. The van der Waals surface area contributed by atoms with E-state index < -0.39 is 24.0 Å². The molecule has 2 heterocycles. The van der Waals surface area contributed by atoms with Crippen molar-refractivity contribution < 1.29 is 24.2 Å². The fourth-order valence-electron chi connectivity index (χ4n) is 6.68. The number of alkyl carbamates (subject to hydrolysis) is 1. The molecule has 2 aromatic rings. The number of nitrogens with zero attached hydrogens (tertiary/aromatic N) is 1. The van der Waals surface area contributed by atoms with E-state index in [4.69, 9.17) is 4.74 Å². The number of hydrogen-bond donors (Lipinski definition) is 2. The number of hydrogen-bond acceptors (Lipinski definition) is 4. The van der Waals surface area contributed by atoms with Crippen molar-refractivity contribution in [2.75, 3.05) is 6.61 Å². The molecule has 4 atom stereocenters. The monoisotopic (exact) mass is 474 g/mol. The zero-order chi connectivity index (χ0) is 24.1. The van der Waals surface area contributed by atoms with Crippen molar-refractivity contribution in [3.63, 3.8) is 0 Å². The first-order valence-corrected chi connectivity index (χ1v) is 12.7. The lowest BCUT2D eigenvalue weighted by Crippen LogP contribution is -2.55. The van der Waals surface area contributed by atoms with Gasteiger partial charge >= 0.3 is 12.1 Å². The molecule has 7 heteroatoms. The van der Waals surface area contributed by atoms with Gasteiger partial charge in [0.05, 0.1) is 5.92 Å². The molecule has 0 radical (unpaired) electrons. The Morgan fingerprint density at radius 2 is 1.63 bits per heavy atom. The van der Waals surface area contributed by atoms with Crippen LogP contribution in [-0.2, 0) is 14.3 Å². The molecule has 182 valence electrons. The van der Waals surface area contributed by atoms with Crippen molar-refractivity contribution >= 4 is 18.0 Å². The normalized spacial score (nSPS) is 25.5. The molecule has 3 fully saturated rings. The van der Waals surface area contributed by atoms with Gasteiger partial charge in [0.15, 0.2) is 0 Å². The summed E-state index contributed by atoms with van der Waals surface area (Å²) in [6.45, 7) is 0.196. The summed E-state index contributed by atoms with van der Waals surface area (Å²) in [4.78, 5) is 40.0. The van der Waals surface area contributed by atoms with Gasteiger partial charge in [0.25, 0.3) is 0 Å². The smallest absolute Gasteiger partial charge is 0.407 e. The third-order valence-corrected chi connectivity index (χ3v) is 8.61. The summed E-state index contributed by atoms with van der Waals surface area (Å²) >= 11 is 0. The van der Waals surface area contributed by atoms with E-state index in [2.05, 4.69) is 29.6 Å². The maximum absolute atomic E-state index is 13.6. The second-order valence-electron chi connectivity index (χ2n) is 10.4. The van der Waals surface area contributed by atoms with Gasteiger partial charge < -0.3 is 20.1 Å². The summed E-state index contributed by atoms with van der Waals surface area (Å²) in [5.74, 6) is -1.45. The molecule has 2 N–H and O–H groups in total. The lowest BCUT2D eigenvalue weighted by atomic mass is 9.79. The Kier molecular flexibility index (Phi) is 5.50. The molecular weight excluding hydrogens is 444 g/mol. The van der Waals surface area contributed by atoms with E-state index in [1.807, 2.05) is 24.3 Å². The minimum atomic E-state index is -0.834. The van der Waals surface area contributed by atoms with Gasteiger partial charge in [-0.1, -0.05) is 55.0 Å². The van der Waals surface area contributed by atoms with Gasteiger partial charge in [-0.25, -0.2) is 4.79 Å². The minimum absolute atomic E-state index is 0.0412. The van der Waals surface area contributed by atoms with Crippen molar-refractivity contribution in [1.29, 1.82) is 0 Å². The number of rotatable bonds is 6. The fraction of sp³-hybridized carbons (Fsp3) is 0.464. The van der Waals surface area contributed by atoms with Gasteiger partial charge in [0.2, 0.25) is 5.91 Å². The van der Waals surface area contributed by atoms with Crippen LogP contribution in [0.1, 0.15) is 55.6 Å². The summed E-state index contributed by atoms with van der Waals surface area (Å²) in [6.07, 6.45) is 4.27. The van der Waals surface area contributed by atoms with Crippen molar-refractivity contribution in [3.05, 3.63) is 59.7 Å². The number of carbonyl (C=O) groups excluding carboxylic acids is 2. The van der Waals surface area contributed by atoms with Crippen molar-refractivity contribution in [3.8, 4) is 11.1 Å². The van der Waals surface area contributed by atoms with Crippen molar-refractivity contribution in [2.45, 2.75) is 62.6 Å². The van der Waals surface area contributed by atoms with Gasteiger partial charge in [-0.3, -0.25) is 9.59 Å². The molecule has 7 nitrogen and oxygen atoms in total. The molecule has 2 aromatic carbocycles. The van der Waals surface area contributed by atoms with E-state index in [0.717, 1.165) is 54.4 Å². The number of carboxylic acids is 1. The van der Waals surface area contributed by atoms with Crippen LogP contribution in [-0.4, -0.2) is 52.7 Å². The fourth-order valence-corrected chi connectivity index (χ4v) is 6.68. The van der Waals surface area contributed by atoms with Crippen LogP contribution in [0, 0.1) is 11.8 Å². The van der Waals surface area contributed by atoms with E-state index in [0.29, 0.717) is 6.42 Å². The topological polar surface area (TPSA) is 95.9 Å². The van der Waals surface area contributed by atoms with E-state index in [1.165, 1.54) is 0 Å². The molecule has 35 heavy (non-hydrogen) atoms. The predicted molar refractivity (Wildman–Crippen MR) is 129 cm³/mol. The number of ether oxygens (including phenoxy) is 1. The zero-order valence-electron chi connectivity index (χ0n) is 19.6. The van der Waals surface area contributed by atoms with E-state index in [1.54, 1.807) is 4.90 Å². The number of aliphatic carboxylic acids is 1. The van der Waals surface area contributed by atoms with Crippen molar-refractivity contribution in [1.82, 2.24) is 10.2 Å². The molecule has 2 saturated heterocycles. The lowest BCUT2D eigenvalue weighted by molar-refractivity contribution is -0.143. The van der Waals surface area contributed by atoms with Gasteiger partial charge in [0, 0.05) is 18.0 Å². The Bertz CT molecular complexity index is 1130. The molecular formula is C28H30N2O5. The van der Waals surface area contributed by atoms with Crippen LogP contribution in [0.25, 0.3) is 11.1 Å². The Morgan fingerprint density at radius 3 is 2.20 bits per heavy atom. The third-order valence-electron chi connectivity index (χ3n) is 8.61. The van der Waals surface area contributed by atoms with Crippen LogP contribution >= 0.6 is 0 Å². The number of benzene rings is 2. The highest BCUT2D eigenvalue weighted by Crippen LogP contribution is 2.45. The van der Waals surface area contributed by atoms with Crippen molar-refractivity contribution in [2.24, 2.45) is 11.8 Å². The van der Waals surface area contributed by atoms with Crippen LogP contribution in [0.2, 0.25) is 0 Å². The average Bonchev–Trinajstić information content (AvgIpc) is 3.50. The average molecular weight is 475 g/mol. The quantitative estimate of drug-likeness (QED) is 0.656. The van der Waals surface area contributed by atoms with E-state index in [-0.39, 0.29) is 36.4 Å². The Morgan fingerprint density at radius 1 is 0.971 bits per heavy atom. The Labute approximate surface area is 204 Å². The highest BCUT2D eigenvalue weighted by atomic mass is 16.5. The number of amides is 2. The largest absolute Gasteiger partial charge is 0.481 e. The van der Waals surface area contributed by atoms with Crippen LogP contribution in [0.15, 0.2) is 48.5 Å². The lowest BCUT2D eigenvalue weighted by Gasteiger charge is -2.36. The van der Waals surface area contributed by atoms with E-state index >= 15 is 0 Å². The van der Waals surface area contributed by atoms with Gasteiger partial charge in [-0.2, -0.15) is 0 Å². The number of carbonyl (C=O) groups is 3. The number of fused-ring (bicyclic) bond motifs is 5. The maximum atomic E-state index is 13.6. The molecule has 6 rings (SSSR count). The second kappa shape index (κ2) is 8.70. The highest BCUT2D eigenvalue weighted by molar-refractivity contribution is 5.88. The zero-order valence-corrected chi connectivity index (χ0v) is 19.6. The Balaban J connectivity index is 1.15. The molecule has 1 unspecified atom stereocenters. The first-order valence-electron chi connectivity index (χ1n) is 12.7. The van der Waals surface area contributed by atoms with Crippen LogP contribution in [0.4, 0.5) is 4.79 Å². The summed E-state index contributed by atoms with van der Waals surface area (Å²) in [7, 11) is 0. The molecule has 2 aliphatic heterocycles. The number of carboxylic acid groups (broad SMARTS) is 1. The van der Waals surface area contributed by atoms with Crippen LogP contribution in [0.5, 0.6) is 0 Å². The maximum Gasteiger partial charge on any atom is 0.407 e. The predicted octanol–water partition coefficient (Wildman–Crippen LogP) is 4.16. The highest BCUT2D eigenvalue weighted by Gasteiger charge is 2.53. The first-order chi connectivity index (χ1) is 17.0. The summed E-state index contributed by atoms with van der Waals surface area (Å²) in [5.41, 5.74) is 4.61. The van der Waals surface area contributed by atoms with Gasteiger partial charge in [-0.15, -0.1) is 0 Å². The standard InChI is InChI=1S/C28H30N2O5/c31-26(30-17-12-13-24(30)22(14-17)27(32)33)25(16-6-5-7-16)29-28(34)35-15-23-20-10-3-1-8-18(20)19-9-2-4-11-21(19)23/h1-4,8-11,16-17,22-25H,5-7,12-15H2,(H,29,34)(H,32,33)/t17-,22+,24+,25?/m1/s1. The summed E-state index contributed by atoms with van der Waals surface area (Å²) in [6, 6.07) is 15.4. The summed E-state index contributed by atoms with van der Waals surface area (Å²) < 4.78 is 5.72. The third kappa shape index (κ3) is 3.68. The van der Waals surface area contributed by atoms with Crippen LogP contribution < -0.4 is 5.32 Å². The SMILES string of the molecule is O=C(NC(C(=O)N1[C@@H]2CC[C@H]1[C@@H](C(=O)O)C2)C1CCC1)OCC1c2ccccc2-c2ccccc21. The van der Waals surface area contributed by atoms with Gasteiger partial charge in [0.1, 0.15) is 12.6 Å². The molecule has 4 aliphatic rings.